The first-order chi connectivity index (χ1) is 10.0. The first kappa shape index (κ1) is 19.4. The van der Waals surface area contributed by atoms with Crippen molar-refractivity contribution < 1.29 is 9.63 Å². The molecule has 0 aromatic heterocycles. The summed E-state index contributed by atoms with van der Waals surface area (Å²) >= 11 is 0. The fraction of sp³-hybridized carbons (Fsp3) is 0.500. The quantitative estimate of drug-likeness (QED) is 0.360. The van der Waals surface area contributed by atoms with Gasteiger partial charge in [0.25, 0.3) is 5.91 Å². The van der Waals surface area contributed by atoms with Crippen molar-refractivity contribution in [3.8, 4) is 0 Å². The third-order valence-corrected chi connectivity index (χ3v) is 3.21. The van der Waals surface area contributed by atoms with Crippen LogP contribution in [-0.2, 0) is 9.63 Å². The minimum Gasteiger partial charge on any atom is -0.274 e. The Labute approximate surface area is 129 Å². The molecule has 118 valence electrons. The molecule has 0 saturated heterocycles. The number of hydroxylamine groups is 2. The third kappa shape index (κ3) is 10.8. The molecule has 0 aliphatic heterocycles. The van der Waals surface area contributed by atoms with Crippen LogP contribution in [0.15, 0.2) is 48.6 Å². The average molecular weight is 291 g/mol. The summed E-state index contributed by atoms with van der Waals surface area (Å²) in [6.07, 6.45) is 18.0. The predicted molar refractivity (Wildman–Crippen MR) is 89.6 cm³/mol. The number of rotatable bonds is 9. The number of carbonyl (C=O) groups excluding carboxylic acids is 1. The molecule has 2 atom stereocenters. The predicted octanol–water partition coefficient (Wildman–Crippen LogP) is 4.30. The Morgan fingerprint density at radius 1 is 1.10 bits per heavy atom. The van der Waals surface area contributed by atoms with E-state index in [1.165, 1.54) is 24.7 Å². The van der Waals surface area contributed by atoms with Gasteiger partial charge in [-0.25, -0.2) is 5.06 Å². The van der Waals surface area contributed by atoms with E-state index < -0.39 is 0 Å². The first-order valence-corrected chi connectivity index (χ1v) is 7.51. The van der Waals surface area contributed by atoms with E-state index in [4.69, 9.17) is 4.84 Å². The Balaban J connectivity index is 4.03. The van der Waals surface area contributed by atoms with Crippen LogP contribution >= 0.6 is 0 Å². The Kier molecular flexibility index (Phi) is 11.2. The van der Waals surface area contributed by atoms with E-state index in [2.05, 4.69) is 51.2 Å². The first-order valence-electron chi connectivity index (χ1n) is 7.51. The van der Waals surface area contributed by atoms with Crippen molar-refractivity contribution in [1.82, 2.24) is 5.06 Å². The van der Waals surface area contributed by atoms with Crippen LogP contribution in [0.3, 0.4) is 0 Å². The van der Waals surface area contributed by atoms with Crippen LogP contribution in [-0.4, -0.2) is 25.1 Å². The lowest BCUT2D eigenvalue weighted by molar-refractivity contribution is -0.162. The molecule has 0 spiro atoms. The molecular weight excluding hydrogens is 262 g/mol. The summed E-state index contributed by atoms with van der Waals surface area (Å²) in [7, 11) is 3.04. The largest absolute Gasteiger partial charge is 0.274 e. The number of hydrogen-bond acceptors (Lipinski definition) is 2. The minimum absolute atomic E-state index is 0.176. The maximum Gasteiger partial charge on any atom is 0.269 e. The van der Waals surface area contributed by atoms with E-state index in [1.54, 1.807) is 13.1 Å². The van der Waals surface area contributed by atoms with Crippen LogP contribution in [0, 0.1) is 11.8 Å². The number of amides is 1. The summed E-state index contributed by atoms with van der Waals surface area (Å²) in [5.74, 6) is 0.905. The van der Waals surface area contributed by atoms with Gasteiger partial charge in [0, 0.05) is 13.1 Å². The van der Waals surface area contributed by atoms with Crippen LogP contribution in [0.2, 0.25) is 0 Å². The van der Waals surface area contributed by atoms with Crippen LogP contribution < -0.4 is 0 Å². The van der Waals surface area contributed by atoms with E-state index in [1.807, 2.05) is 6.08 Å². The summed E-state index contributed by atoms with van der Waals surface area (Å²) in [6.45, 7) is 6.55. The van der Waals surface area contributed by atoms with Gasteiger partial charge in [0.05, 0.1) is 7.11 Å². The topological polar surface area (TPSA) is 29.5 Å². The summed E-state index contributed by atoms with van der Waals surface area (Å²) < 4.78 is 0. The lowest BCUT2D eigenvalue weighted by Gasteiger charge is -2.09. The van der Waals surface area contributed by atoms with Crippen molar-refractivity contribution in [2.24, 2.45) is 11.8 Å². The van der Waals surface area contributed by atoms with E-state index >= 15 is 0 Å². The summed E-state index contributed by atoms with van der Waals surface area (Å²) in [6, 6.07) is 0. The molecule has 1 amide bonds. The van der Waals surface area contributed by atoms with E-state index in [0.29, 0.717) is 11.8 Å². The molecule has 0 N–H and O–H groups in total. The van der Waals surface area contributed by atoms with Crippen LogP contribution in [0.25, 0.3) is 0 Å². The lowest BCUT2D eigenvalue weighted by atomic mass is 10.1. The highest BCUT2D eigenvalue weighted by molar-refractivity contribution is 5.86. The standard InChI is InChI=1S/C18H29NO2/c1-6-16(2)12-8-7-9-13-17(3)14-10-11-15-18(20)19(4)21-5/h7-12,14-17H,6,13H2,1-5H3/b9-7-,12-8+,14-10+,15-11+/t16-,17-/m1/s1. The van der Waals surface area contributed by atoms with Gasteiger partial charge in [-0.3, -0.25) is 9.63 Å². The van der Waals surface area contributed by atoms with Gasteiger partial charge in [-0.2, -0.15) is 0 Å². The van der Waals surface area contributed by atoms with E-state index in [9.17, 15) is 4.79 Å². The smallest absolute Gasteiger partial charge is 0.269 e. The van der Waals surface area contributed by atoms with Gasteiger partial charge < -0.3 is 0 Å². The van der Waals surface area contributed by atoms with Crippen molar-refractivity contribution in [1.29, 1.82) is 0 Å². The van der Waals surface area contributed by atoms with Gasteiger partial charge in [-0.15, -0.1) is 0 Å². The molecule has 0 aromatic carbocycles. The molecule has 0 aliphatic carbocycles. The highest BCUT2D eigenvalue weighted by Crippen LogP contribution is 2.06. The summed E-state index contributed by atoms with van der Waals surface area (Å²) in [5.41, 5.74) is 0. The normalized spacial score (nSPS) is 15.5. The van der Waals surface area contributed by atoms with Crippen LogP contribution in [0.4, 0.5) is 0 Å². The molecule has 0 saturated carbocycles. The van der Waals surface area contributed by atoms with Crippen LogP contribution in [0.5, 0.6) is 0 Å². The van der Waals surface area contributed by atoms with Gasteiger partial charge in [-0.1, -0.05) is 69.7 Å². The second-order valence-electron chi connectivity index (χ2n) is 5.17. The number of nitrogens with zero attached hydrogens (tertiary/aromatic N) is 1. The molecule has 0 unspecified atom stereocenters. The Morgan fingerprint density at radius 2 is 1.71 bits per heavy atom. The zero-order chi connectivity index (χ0) is 16.1. The molecule has 3 nitrogen and oxygen atoms in total. The van der Waals surface area contributed by atoms with Crippen molar-refractivity contribution >= 4 is 5.91 Å². The fourth-order valence-corrected chi connectivity index (χ4v) is 1.43. The molecular formula is C18H29NO2. The molecule has 0 radical (unpaired) electrons. The van der Waals surface area contributed by atoms with Gasteiger partial charge in [-0.05, 0) is 18.3 Å². The third-order valence-electron chi connectivity index (χ3n) is 3.21. The monoisotopic (exact) mass is 291 g/mol. The van der Waals surface area contributed by atoms with Gasteiger partial charge >= 0.3 is 0 Å². The summed E-state index contributed by atoms with van der Waals surface area (Å²) in [4.78, 5) is 16.2. The second kappa shape index (κ2) is 12.2. The molecule has 0 aromatic rings. The zero-order valence-corrected chi connectivity index (χ0v) is 14.0. The highest BCUT2D eigenvalue weighted by atomic mass is 16.7. The van der Waals surface area contributed by atoms with Crippen molar-refractivity contribution in [2.45, 2.75) is 33.6 Å². The van der Waals surface area contributed by atoms with E-state index in [0.717, 1.165) is 6.42 Å². The second-order valence-corrected chi connectivity index (χ2v) is 5.17. The Hall–Kier alpha value is -1.61. The number of likely N-dealkylation sites (N-methyl/N-ethyl adjacent to an activating group) is 1. The molecule has 3 heteroatoms. The highest BCUT2D eigenvalue weighted by Gasteiger charge is 2.00. The molecule has 21 heavy (non-hydrogen) atoms. The van der Waals surface area contributed by atoms with Gasteiger partial charge in [0.1, 0.15) is 0 Å². The van der Waals surface area contributed by atoms with Crippen LogP contribution in [0.1, 0.15) is 33.6 Å². The lowest BCUT2D eigenvalue weighted by Crippen LogP contribution is -2.22. The van der Waals surface area contributed by atoms with Crippen molar-refractivity contribution in [2.75, 3.05) is 14.2 Å². The fourth-order valence-electron chi connectivity index (χ4n) is 1.43. The minimum atomic E-state index is -0.176. The molecule has 0 heterocycles. The zero-order valence-electron chi connectivity index (χ0n) is 14.0. The Bertz CT molecular complexity index is 394. The Morgan fingerprint density at radius 3 is 2.33 bits per heavy atom. The van der Waals surface area contributed by atoms with Gasteiger partial charge in [0.15, 0.2) is 0 Å². The number of allylic oxidation sites excluding steroid dienone is 7. The molecule has 0 rings (SSSR count). The maximum absolute atomic E-state index is 11.4. The van der Waals surface area contributed by atoms with E-state index in [-0.39, 0.29) is 5.91 Å². The molecule has 0 fully saturated rings. The summed E-state index contributed by atoms with van der Waals surface area (Å²) in [5, 5.41) is 1.18. The molecule has 0 bridgehead atoms. The SMILES string of the molecule is CC[C@@H](C)/C=C/C=C\C[C@@H](C)/C=C/C=C/C(=O)N(C)OC. The van der Waals surface area contributed by atoms with Gasteiger partial charge in [0.2, 0.25) is 0 Å². The number of carbonyl (C=O) groups is 1. The average Bonchev–Trinajstić information content (AvgIpc) is 2.49. The number of hydrogen-bond donors (Lipinski definition) is 0. The van der Waals surface area contributed by atoms with Crippen molar-refractivity contribution in [3.05, 3.63) is 48.6 Å². The molecule has 0 aliphatic rings. The maximum atomic E-state index is 11.4. The van der Waals surface area contributed by atoms with Crippen molar-refractivity contribution in [3.63, 3.8) is 0 Å².